The van der Waals surface area contributed by atoms with Gasteiger partial charge in [0.2, 0.25) is 0 Å². The summed E-state index contributed by atoms with van der Waals surface area (Å²) in [4.78, 5) is 0.771. The first kappa shape index (κ1) is 11.7. The molecule has 1 aromatic carbocycles. The number of aryl methyl sites for hydroxylation is 2. The lowest BCUT2D eigenvalue weighted by Crippen LogP contribution is -1.95. The molecule has 0 amide bonds. The van der Waals surface area contributed by atoms with E-state index in [-0.39, 0.29) is 0 Å². The summed E-state index contributed by atoms with van der Waals surface area (Å²) in [5.74, 6) is 0. The minimum atomic E-state index is -1.21. The largest absolute Gasteiger partial charge is 0.248 e. The zero-order valence-electron chi connectivity index (χ0n) is 8.73. The Labute approximate surface area is 105 Å². The van der Waals surface area contributed by atoms with E-state index in [1.807, 2.05) is 26.0 Å². The SMILES string of the molecule is Cc1cc(S(=O)c2cnns2)c(C)cc1Cl. The molecule has 2 rings (SSSR count). The molecule has 0 saturated carbocycles. The van der Waals surface area contributed by atoms with Gasteiger partial charge in [-0.15, -0.1) is 5.10 Å². The van der Waals surface area contributed by atoms with Crippen LogP contribution in [0.3, 0.4) is 0 Å². The Morgan fingerprint density at radius 3 is 2.69 bits per heavy atom. The molecule has 0 aliphatic rings. The number of halogens is 1. The maximum atomic E-state index is 12.2. The lowest BCUT2D eigenvalue weighted by molar-refractivity contribution is 0.684. The van der Waals surface area contributed by atoms with Crippen LogP contribution in [0.5, 0.6) is 0 Å². The van der Waals surface area contributed by atoms with Crippen LogP contribution in [-0.4, -0.2) is 13.8 Å². The normalized spacial score (nSPS) is 12.7. The molecule has 1 atom stereocenters. The summed E-state index contributed by atoms with van der Waals surface area (Å²) in [5, 5.41) is 4.38. The van der Waals surface area contributed by atoms with Crippen LogP contribution in [0, 0.1) is 13.8 Å². The molecule has 0 saturated heterocycles. The van der Waals surface area contributed by atoms with Gasteiger partial charge in [0.1, 0.15) is 4.21 Å². The first-order valence-corrected chi connectivity index (χ1v) is 6.85. The van der Waals surface area contributed by atoms with Crippen molar-refractivity contribution in [3.8, 4) is 0 Å². The minimum Gasteiger partial charge on any atom is -0.248 e. The number of benzene rings is 1. The van der Waals surface area contributed by atoms with Crippen molar-refractivity contribution < 1.29 is 4.21 Å². The molecule has 0 N–H and O–H groups in total. The van der Waals surface area contributed by atoms with Crippen molar-refractivity contribution in [3.63, 3.8) is 0 Å². The second-order valence-electron chi connectivity index (χ2n) is 3.37. The first-order valence-electron chi connectivity index (χ1n) is 4.55. The van der Waals surface area contributed by atoms with Crippen LogP contribution in [0.4, 0.5) is 0 Å². The molecule has 0 aliphatic heterocycles. The van der Waals surface area contributed by atoms with Crippen molar-refractivity contribution in [2.24, 2.45) is 0 Å². The summed E-state index contributed by atoms with van der Waals surface area (Å²) < 4.78 is 16.6. The van der Waals surface area contributed by atoms with Crippen molar-refractivity contribution in [2.45, 2.75) is 23.0 Å². The molecule has 0 aliphatic carbocycles. The molecule has 6 heteroatoms. The molecule has 2 aromatic rings. The zero-order chi connectivity index (χ0) is 11.7. The predicted molar refractivity (Wildman–Crippen MR) is 65.5 cm³/mol. The molecule has 1 unspecified atom stereocenters. The van der Waals surface area contributed by atoms with E-state index >= 15 is 0 Å². The van der Waals surface area contributed by atoms with Crippen LogP contribution in [-0.2, 0) is 10.8 Å². The third kappa shape index (κ3) is 2.16. The highest BCUT2D eigenvalue weighted by molar-refractivity contribution is 7.87. The van der Waals surface area contributed by atoms with Gasteiger partial charge in [0, 0.05) is 9.92 Å². The van der Waals surface area contributed by atoms with Gasteiger partial charge in [0.05, 0.1) is 17.0 Å². The smallest absolute Gasteiger partial charge is 0.137 e. The number of aromatic nitrogens is 2. The average Bonchev–Trinajstić information content (AvgIpc) is 2.75. The fourth-order valence-electron chi connectivity index (χ4n) is 1.30. The summed E-state index contributed by atoms with van der Waals surface area (Å²) in [6.07, 6.45) is 1.53. The lowest BCUT2D eigenvalue weighted by atomic mass is 10.2. The van der Waals surface area contributed by atoms with E-state index in [1.165, 1.54) is 6.20 Å². The number of nitrogens with zero attached hydrogens (tertiary/aromatic N) is 2. The van der Waals surface area contributed by atoms with Crippen molar-refractivity contribution in [2.75, 3.05) is 0 Å². The molecule has 1 heterocycles. The second-order valence-corrected chi connectivity index (χ2v) is 6.24. The van der Waals surface area contributed by atoms with Crippen molar-refractivity contribution in [1.82, 2.24) is 9.59 Å². The fraction of sp³-hybridized carbons (Fsp3) is 0.200. The molecule has 1 aromatic heterocycles. The molecule has 84 valence electrons. The highest BCUT2D eigenvalue weighted by Gasteiger charge is 2.13. The van der Waals surface area contributed by atoms with Crippen molar-refractivity contribution in [1.29, 1.82) is 0 Å². The van der Waals surface area contributed by atoms with Gasteiger partial charge < -0.3 is 0 Å². The Bertz CT molecular complexity index is 540. The highest BCUT2D eigenvalue weighted by Crippen LogP contribution is 2.26. The van der Waals surface area contributed by atoms with Crippen LogP contribution in [0.25, 0.3) is 0 Å². The molecule has 0 bridgehead atoms. The Balaban J connectivity index is 2.49. The summed E-state index contributed by atoms with van der Waals surface area (Å²) in [5.41, 5.74) is 1.84. The summed E-state index contributed by atoms with van der Waals surface area (Å²) in [7, 11) is -1.21. The topological polar surface area (TPSA) is 42.9 Å². The van der Waals surface area contributed by atoms with E-state index in [0.29, 0.717) is 9.23 Å². The van der Waals surface area contributed by atoms with Gasteiger partial charge >= 0.3 is 0 Å². The molecule has 16 heavy (non-hydrogen) atoms. The van der Waals surface area contributed by atoms with Gasteiger partial charge in [-0.2, -0.15) is 0 Å². The molecular formula is C10H9ClN2OS2. The lowest BCUT2D eigenvalue weighted by Gasteiger charge is -2.06. The standard InChI is InChI=1S/C10H9ClN2OS2/c1-6-4-9(7(2)3-8(6)11)16(14)10-5-12-13-15-10/h3-5H,1-2H3. The van der Waals surface area contributed by atoms with Gasteiger partial charge in [0.15, 0.2) is 0 Å². The second kappa shape index (κ2) is 4.61. The van der Waals surface area contributed by atoms with Crippen LogP contribution < -0.4 is 0 Å². The summed E-state index contributed by atoms with van der Waals surface area (Å²) in [6.45, 7) is 3.79. The quantitative estimate of drug-likeness (QED) is 0.844. The van der Waals surface area contributed by atoms with E-state index in [0.717, 1.165) is 27.6 Å². The number of rotatable bonds is 2. The Morgan fingerprint density at radius 2 is 2.06 bits per heavy atom. The van der Waals surface area contributed by atoms with E-state index in [1.54, 1.807) is 0 Å². The van der Waals surface area contributed by atoms with Crippen molar-refractivity contribution >= 4 is 33.9 Å². The molecule has 0 radical (unpaired) electrons. The van der Waals surface area contributed by atoms with Crippen LogP contribution >= 0.6 is 23.1 Å². The van der Waals surface area contributed by atoms with Gasteiger partial charge in [0.25, 0.3) is 0 Å². The fourth-order valence-corrected chi connectivity index (χ4v) is 3.42. The first-order chi connectivity index (χ1) is 7.59. The number of hydrogen-bond donors (Lipinski definition) is 0. The van der Waals surface area contributed by atoms with E-state index in [4.69, 9.17) is 11.6 Å². The predicted octanol–water partition coefficient (Wildman–Crippen LogP) is 2.98. The van der Waals surface area contributed by atoms with Crippen LogP contribution in [0.2, 0.25) is 5.02 Å². The van der Waals surface area contributed by atoms with Crippen LogP contribution in [0.15, 0.2) is 27.4 Å². The Hall–Kier alpha value is -0.780. The van der Waals surface area contributed by atoms with E-state index < -0.39 is 10.8 Å². The van der Waals surface area contributed by atoms with Gasteiger partial charge in [-0.1, -0.05) is 16.1 Å². The summed E-state index contributed by atoms with van der Waals surface area (Å²) >= 11 is 7.14. The van der Waals surface area contributed by atoms with Gasteiger partial charge in [-0.25, -0.2) is 4.21 Å². The minimum absolute atomic E-state index is 0.657. The van der Waals surface area contributed by atoms with E-state index in [9.17, 15) is 4.21 Å². The molecule has 3 nitrogen and oxygen atoms in total. The Morgan fingerprint density at radius 1 is 1.31 bits per heavy atom. The molecule has 0 fully saturated rings. The zero-order valence-corrected chi connectivity index (χ0v) is 11.1. The monoisotopic (exact) mass is 272 g/mol. The highest BCUT2D eigenvalue weighted by atomic mass is 35.5. The molecule has 0 spiro atoms. The van der Waals surface area contributed by atoms with Gasteiger partial charge in [-0.05, 0) is 48.6 Å². The van der Waals surface area contributed by atoms with Gasteiger partial charge in [-0.3, -0.25) is 0 Å². The third-order valence-electron chi connectivity index (χ3n) is 2.18. The third-order valence-corrected chi connectivity index (χ3v) is 5.04. The molecular weight excluding hydrogens is 264 g/mol. The average molecular weight is 273 g/mol. The van der Waals surface area contributed by atoms with Crippen LogP contribution in [0.1, 0.15) is 11.1 Å². The Kier molecular flexibility index (Phi) is 3.37. The maximum Gasteiger partial charge on any atom is 0.137 e. The van der Waals surface area contributed by atoms with E-state index in [2.05, 4.69) is 9.59 Å². The summed E-state index contributed by atoms with van der Waals surface area (Å²) in [6, 6.07) is 3.69. The maximum absolute atomic E-state index is 12.2. The van der Waals surface area contributed by atoms with Crippen molar-refractivity contribution in [3.05, 3.63) is 34.5 Å². The number of hydrogen-bond acceptors (Lipinski definition) is 4.